The number of hydrogen-bond donors (Lipinski definition) is 3. The summed E-state index contributed by atoms with van der Waals surface area (Å²) >= 11 is 0. The van der Waals surface area contributed by atoms with Gasteiger partial charge in [0, 0.05) is 17.3 Å². The molecule has 0 aromatic carbocycles. The van der Waals surface area contributed by atoms with Gasteiger partial charge in [-0.1, -0.05) is 37.1 Å². The molecule has 3 fully saturated rings. The molecule has 0 spiro atoms. The van der Waals surface area contributed by atoms with Gasteiger partial charge in [-0.2, -0.15) is 0 Å². The quantitative estimate of drug-likeness (QED) is 0.638. The molecule has 0 radical (unpaired) electrons. The average Bonchev–Trinajstić information content (AvgIpc) is 2.72. The first kappa shape index (κ1) is 14.9. The maximum atomic E-state index is 10.4. The summed E-state index contributed by atoms with van der Waals surface area (Å²) in [7, 11) is 0. The third-order valence-electron chi connectivity index (χ3n) is 7.04. The lowest BCUT2D eigenvalue weighted by molar-refractivity contribution is -0.151. The first-order valence-electron chi connectivity index (χ1n) is 8.43. The van der Waals surface area contributed by atoms with E-state index < -0.39 is 18.5 Å². The summed E-state index contributed by atoms with van der Waals surface area (Å²) in [6.07, 6.45) is 5.62. The molecule has 0 amide bonds. The number of aliphatic hydroxyl groups excluding tert-OH is 3. The summed E-state index contributed by atoms with van der Waals surface area (Å²) in [4.78, 5) is 0. The normalized spacial score (nSPS) is 54.0. The van der Waals surface area contributed by atoms with E-state index in [2.05, 4.69) is 26.0 Å². The minimum Gasteiger partial charge on any atom is -0.390 e. The van der Waals surface area contributed by atoms with Crippen LogP contribution in [0.1, 0.15) is 39.5 Å². The van der Waals surface area contributed by atoms with Gasteiger partial charge in [-0.15, -0.1) is 0 Å². The Kier molecular flexibility index (Phi) is 3.16. The van der Waals surface area contributed by atoms with E-state index in [1.54, 1.807) is 0 Å². The summed E-state index contributed by atoms with van der Waals surface area (Å²) < 4.78 is 5.57. The van der Waals surface area contributed by atoms with Crippen LogP contribution in [0.3, 0.4) is 0 Å². The van der Waals surface area contributed by atoms with Crippen molar-refractivity contribution in [3.63, 3.8) is 0 Å². The van der Waals surface area contributed by atoms with E-state index in [0.29, 0.717) is 25.4 Å². The highest BCUT2D eigenvalue weighted by molar-refractivity contribution is 5.39. The van der Waals surface area contributed by atoms with Gasteiger partial charge in [0.2, 0.25) is 0 Å². The second-order valence-electron chi connectivity index (χ2n) is 8.14. The van der Waals surface area contributed by atoms with Crippen molar-refractivity contribution in [3.8, 4) is 0 Å². The van der Waals surface area contributed by atoms with Gasteiger partial charge in [-0.3, -0.25) is 0 Å². The van der Waals surface area contributed by atoms with E-state index in [0.717, 1.165) is 12.8 Å². The molecule has 7 atom stereocenters. The summed E-state index contributed by atoms with van der Waals surface area (Å²) in [6, 6.07) is 0. The van der Waals surface area contributed by atoms with E-state index >= 15 is 0 Å². The van der Waals surface area contributed by atoms with Crippen molar-refractivity contribution in [2.24, 2.45) is 22.7 Å². The van der Waals surface area contributed by atoms with Crippen molar-refractivity contribution < 1.29 is 20.1 Å². The highest BCUT2D eigenvalue weighted by Gasteiger charge is 2.58. The number of allylic oxidation sites excluding steroid dienone is 3. The van der Waals surface area contributed by atoms with Gasteiger partial charge in [-0.05, 0) is 31.1 Å². The van der Waals surface area contributed by atoms with Gasteiger partial charge in [0.1, 0.15) is 0 Å². The average molecular weight is 306 g/mol. The van der Waals surface area contributed by atoms with Crippen molar-refractivity contribution in [1.29, 1.82) is 0 Å². The molecule has 0 aromatic heterocycles. The second kappa shape index (κ2) is 4.67. The van der Waals surface area contributed by atoms with Crippen LogP contribution in [0.5, 0.6) is 0 Å². The van der Waals surface area contributed by atoms with Gasteiger partial charge >= 0.3 is 0 Å². The maximum absolute atomic E-state index is 10.4. The molecule has 1 heterocycles. The van der Waals surface area contributed by atoms with Crippen molar-refractivity contribution in [2.45, 2.75) is 58.0 Å². The van der Waals surface area contributed by atoms with E-state index in [4.69, 9.17) is 4.74 Å². The number of ether oxygens (including phenoxy) is 1. The predicted molar refractivity (Wildman–Crippen MR) is 81.8 cm³/mol. The van der Waals surface area contributed by atoms with Crippen LogP contribution in [0.4, 0.5) is 0 Å². The first-order chi connectivity index (χ1) is 10.4. The molecule has 4 heteroatoms. The largest absolute Gasteiger partial charge is 0.390 e. The lowest BCUT2D eigenvalue weighted by Gasteiger charge is -2.53. The molecular weight excluding hydrogens is 280 g/mol. The standard InChI is InChI=1S/C18H26O4/c1-17-6-5-12-11(13(17)8-14(19)16(17)21)4-3-10-7-15(20)22-9-18(10,12)2/h3-4,12-16,19-21H,5-9H2,1-2H3/t12-,13+,14?,15?,16?,17+,18+/m1/s1. The maximum Gasteiger partial charge on any atom is 0.158 e. The Bertz CT molecular complexity index is 553. The minimum absolute atomic E-state index is 0.0524. The Hall–Kier alpha value is -0.680. The molecule has 122 valence electrons. The third-order valence-corrected chi connectivity index (χ3v) is 7.04. The number of hydrogen-bond acceptors (Lipinski definition) is 4. The smallest absolute Gasteiger partial charge is 0.158 e. The van der Waals surface area contributed by atoms with Gasteiger partial charge < -0.3 is 20.1 Å². The molecule has 1 saturated heterocycles. The fourth-order valence-electron chi connectivity index (χ4n) is 5.53. The van der Waals surface area contributed by atoms with Crippen molar-refractivity contribution in [1.82, 2.24) is 0 Å². The molecule has 1 aliphatic heterocycles. The van der Waals surface area contributed by atoms with Crippen LogP contribution < -0.4 is 0 Å². The predicted octanol–water partition coefficient (Wildman–Crippen LogP) is 1.76. The summed E-state index contributed by atoms with van der Waals surface area (Å²) in [5, 5.41) is 30.4. The van der Waals surface area contributed by atoms with Crippen LogP contribution in [0, 0.1) is 22.7 Å². The van der Waals surface area contributed by atoms with Gasteiger partial charge in [0.25, 0.3) is 0 Å². The van der Waals surface area contributed by atoms with Crippen LogP contribution in [0.25, 0.3) is 0 Å². The van der Waals surface area contributed by atoms with E-state index in [9.17, 15) is 15.3 Å². The van der Waals surface area contributed by atoms with Crippen LogP contribution >= 0.6 is 0 Å². The molecule has 3 aliphatic carbocycles. The van der Waals surface area contributed by atoms with E-state index in [1.807, 2.05) is 0 Å². The zero-order valence-corrected chi connectivity index (χ0v) is 13.3. The molecule has 0 bridgehead atoms. The van der Waals surface area contributed by atoms with Crippen molar-refractivity contribution in [2.75, 3.05) is 6.61 Å². The van der Waals surface area contributed by atoms with E-state index in [1.165, 1.54) is 11.1 Å². The molecule has 4 aliphatic rings. The van der Waals surface area contributed by atoms with Crippen molar-refractivity contribution >= 4 is 0 Å². The first-order valence-corrected chi connectivity index (χ1v) is 8.43. The van der Waals surface area contributed by atoms with Crippen molar-refractivity contribution in [3.05, 3.63) is 23.3 Å². The van der Waals surface area contributed by atoms with Crippen LogP contribution in [0.2, 0.25) is 0 Å². The molecule has 22 heavy (non-hydrogen) atoms. The Labute approximate surface area is 131 Å². The van der Waals surface area contributed by atoms with Gasteiger partial charge in [0.15, 0.2) is 6.29 Å². The number of rotatable bonds is 0. The monoisotopic (exact) mass is 306 g/mol. The summed E-state index contributed by atoms with van der Waals surface area (Å²) in [5.74, 6) is 0.647. The third kappa shape index (κ3) is 1.78. The van der Waals surface area contributed by atoms with Gasteiger partial charge in [0.05, 0.1) is 18.8 Å². The molecule has 2 saturated carbocycles. The Morgan fingerprint density at radius 2 is 1.91 bits per heavy atom. The van der Waals surface area contributed by atoms with E-state index in [-0.39, 0.29) is 16.7 Å². The lowest BCUT2D eigenvalue weighted by atomic mass is 9.53. The number of fused-ring (bicyclic) bond motifs is 5. The molecule has 0 aromatic rings. The fourth-order valence-corrected chi connectivity index (χ4v) is 5.53. The van der Waals surface area contributed by atoms with Crippen LogP contribution in [0.15, 0.2) is 23.3 Å². The zero-order chi connectivity index (χ0) is 15.7. The van der Waals surface area contributed by atoms with Gasteiger partial charge in [-0.25, -0.2) is 0 Å². The summed E-state index contributed by atoms with van der Waals surface area (Å²) in [5.41, 5.74) is 2.39. The Balaban J connectivity index is 1.74. The molecule has 4 rings (SSSR count). The highest BCUT2D eigenvalue weighted by Crippen LogP contribution is 2.62. The topological polar surface area (TPSA) is 69.9 Å². The molecular formula is C18H26O4. The lowest BCUT2D eigenvalue weighted by Crippen LogP contribution is -2.49. The SMILES string of the molecule is C[C@]12COC(O)CC1=CC=C1[C@H]2CC[C@]2(C)C(O)C(O)C[C@@H]12. The Morgan fingerprint density at radius 3 is 2.68 bits per heavy atom. The number of aliphatic hydroxyl groups is 3. The molecule has 3 unspecified atom stereocenters. The van der Waals surface area contributed by atoms with Crippen LogP contribution in [-0.4, -0.2) is 40.4 Å². The Morgan fingerprint density at radius 1 is 1.14 bits per heavy atom. The summed E-state index contributed by atoms with van der Waals surface area (Å²) in [6.45, 7) is 4.92. The second-order valence-corrected chi connectivity index (χ2v) is 8.14. The molecule has 4 nitrogen and oxygen atoms in total. The fraction of sp³-hybridized carbons (Fsp3) is 0.778. The zero-order valence-electron chi connectivity index (χ0n) is 13.3. The molecule has 3 N–H and O–H groups in total. The van der Waals surface area contributed by atoms with Crippen LogP contribution in [-0.2, 0) is 4.74 Å². The minimum atomic E-state index is -0.682. The highest BCUT2D eigenvalue weighted by atomic mass is 16.6.